The van der Waals surface area contributed by atoms with Gasteiger partial charge in [-0.25, -0.2) is 0 Å². The monoisotopic (exact) mass is 204 g/mol. The van der Waals surface area contributed by atoms with Crippen LogP contribution in [-0.4, -0.2) is 24.4 Å². The molecule has 0 spiro atoms. The van der Waals surface area contributed by atoms with Crippen molar-refractivity contribution in [3.8, 4) is 5.75 Å². The summed E-state index contributed by atoms with van der Waals surface area (Å²) >= 11 is 0. The maximum absolute atomic E-state index is 11.4. The lowest BCUT2D eigenvalue weighted by Gasteiger charge is -1.99. The van der Waals surface area contributed by atoms with Crippen LogP contribution in [0.5, 0.6) is 5.75 Å². The van der Waals surface area contributed by atoms with Crippen LogP contribution in [0.25, 0.3) is 10.9 Å². The second-order valence-corrected chi connectivity index (χ2v) is 3.23. The summed E-state index contributed by atoms with van der Waals surface area (Å²) in [6.45, 7) is 0.00906. The maximum Gasteiger partial charge on any atom is 0.192 e. The van der Waals surface area contributed by atoms with E-state index in [1.165, 1.54) is 0 Å². The Morgan fingerprint density at radius 2 is 2.33 bits per heavy atom. The summed E-state index contributed by atoms with van der Waals surface area (Å²) in [7, 11) is 1.60. The third kappa shape index (κ3) is 1.59. The van der Waals surface area contributed by atoms with Crippen LogP contribution < -0.4 is 10.5 Å². The molecule has 1 aromatic carbocycles. The lowest BCUT2D eigenvalue weighted by Crippen LogP contribution is -2.13. The van der Waals surface area contributed by atoms with Crippen molar-refractivity contribution in [2.75, 3.05) is 13.7 Å². The van der Waals surface area contributed by atoms with Crippen LogP contribution in [0.1, 0.15) is 10.5 Å². The number of ether oxygens (including phenoxy) is 1. The Kier molecular flexibility index (Phi) is 2.43. The number of rotatable bonds is 3. The second-order valence-electron chi connectivity index (χ2n) is 3.23. The molecule has 0 saturated carbocycles. The number of H-pyrrole nitrogens is 1. The molecule has 4 heteroatoms. The lowest BCUT2D eigenvalue weighted by atomic mass is 10.2. The molecule has 0 unspecified atom stereocenters. The van der Waals surface area contributed by atoms with Crippen LogP contribution in [0.15, 0.2) is 24.3 Å². The average molecular weight is 204 g/mol. The Labute approximate surface area is 87.0 Å². The van der Waals surface area contributed by atoms with Gasteiger partial charge in [-0.15, -0.1) is 0 Å². The topological polar surface area (TPSA) is 68.1 Å². The maximum atomic E-state index is 11.4. The van der Waals surface area contributed by atoms with Gasteiger partial charge in [0.2, 0.25) is 0 Å². The minimum absolute atomic E-state index is 0.00906. The highest BCUT2D eigenvalue weighted by Crippen LogP contribution is 2.25. The third-order valence-corrected chi connectivity index (χ3v) is 2.33. The number of ketones is 1. The summed E-state index contributed by atoms with van der Waals surface area (Å²) in [6.07, 6.45) is 0. The van der Waals surface area contributed by atoms with Crippen molar-refractivity contribution < 1.29 is 9.53 Å². The van der Waals surface area contributed by atoms with E-state index in [-0.39, 0.29) is 12.3 Å². The van der Waals surface area contributed by atoms with Crippen LogP contribution in [0.3, 0.4) is 0 Å². The SMILES string of the molecule is COc1cccc2[nH]c(C(=O)CN)cc12. The minimum Gasteiger partial charge on any atom is -0.496 e. The summed E-state index contributed by atoms with van der Waals surface area (Å²) < 4.78 is 5.19. The molecule has 0 fully saturated rings. The van der Waals surface area contributed by atoms with Gasteiger partial charge in [-0.3, -0.25) is 4.79 Å². The van der Waals surface area contributed by atoms with Gasteiger partial charge in [0.05, 0.1) is 19.3 Å². The van der Waals surface area contributed by atoms with Gasteiger partial charge in [-0.1, -0.05) is 6.07 Å². The number of nitrogens with two attached hydrogens (primary N) is 1. The molecule has 0 aliphatic rings. The lowest BCUT2D eigenvalue weighted by molar-refractivity contribution is 0.0997. The average Bonchev–Trinajstić information content (AvgIpc) is 2.71. The third-order valence-electron chi connectivity index (χ3n) is 2.33. The van der Waals surface area contributed by atoms with Gasteiger partial charge in [0.15, 0.2) is 5.78 Å². The molecular weight excluding hydrogens is 192 g/mol. The van der Waals surface area contributed by atoms with Crippen LogP contribution >= 0.6 is 0 Å². The van der Waals surface area contributed by atoms with E-state index in [4.69, 9.17) is 10.5 Å². The van der Waals surface area contributed by atoms with Crippen molar-refractivity contribution >= 4 is 16.7 Å². The standard InChI is InChI=1S/C11H12N2O2/c1-15-11-4-2-3-8-7(11)5-9(13-8)10(14)6-12/h2-5,13H,6,12H2,1H3. The molecule has 0 amide bonds. The van der Waals surface area contributed by atoms with Crippen LogP contribution in [0, 0.1) is 0 Å². The zero-order chi connectivity index (χ0) is 10.8. The molecule has 0 aliphatic heterocycles. The van der Waals surface area contributed by atoms with Crippen LogP contribution in [0.4, 0.5) is 0 Å². The van der Waals surface area contributed by atoms with Crippen molar-refractivity contribution in [1.29, 1.82) is 0 Å². The first-order valence-electron chi connectivity index (χ1n) is 4.65. The number of aromatic nitrogens is 1. The highest BCUT2D eigenvalue weighted by molar-refractivity contribution is 6.01. The van der Waals surface area contributed by atoms with Gasteiger partial charge < -0.3 is 15.5 Å². The molecule has 3 N–H and O–H groups in total. The molecule has 2 rings (SSSR count). The van der Waals surface area contributed by atoms with Crippen LogP contribution in [0.2, 0.25) is 0 Å². The molecule has 0 bridgehead atoms. The largest absolute Gasteiger partial charge is 0.496 e. The summed E-state index contributed by atoms with van der Waals surface area (Å²) in [4.78, 5) is 14.4. The zero-order valence-electron chi connectivity index (χ0n) is 8.41. The highest BCUT2D eigenvalue weighted by Gasteiger charge is 2.09. The number of aromatic amines is 1. The molecule has 1 aromatic heterocycles. The fourth-order valence-corrected chi connectivity index (χ4v) is 1.57. The number of carbonyl (C=O) groups is 1. The number of fused-ring (bicyclic) bond motifs is 1. The summed E-state index contributed by atoms with van der Waals surface area (Å²) in [5.74, 6) is 0.646. The summed E-state index contributed by atoms with van der Waals surface area (Å²) in [5, 5.41) is 0.900. The van der Waals surface area contributed by atoms with E-state index in [1.807, 2.05) is 18.2 Å². The van der Waals surface area contributed by atoms with E-state index in [0.29, 0.717) is 5.69 Å². The van der Waals surface area contributed by atoms with Gasteiger partial charge in [0, 0.05) is 10.9 Å². The minimum atomic E-state index is -0.103. The Morgan fingerprint density at radius 3 is 3.00 bits per heavy atom. The van der Waals surface area contributed by atoms with E-state index >= 15 is 0 Å². The highest BCUT2D eigenvalue weighted by atomic mass is 16.5. The van der Waals surface area contributed by atoms with E-state index < -0.39 is 0 Å². The van der Waals surface area contributed by atoms with E-state index in [1.54, 1.807) is 13.2 Å². The number of methoxy groups -OCH3 is 1. The predicted molar refractivity (Wildman–Crippen MR) is 58.2 cm³/mol. The van der Waals surface area contributed by atoms with Crippen LogP contribution in [-0.2, 0) is 0 Å². The first-order chi connectivity index (χ1) is 7.26. The van der Waals surface area contributed by atoms with Crippen molar-refractivity contribution in [3.05, 3.63) is 30.0 Å². The second kappa shape index (κ2) is 3.74. The van der Waals surface area contributed by atoms with Gasteiger partial charge >= 0.3 is 0 Å². The number of hydrogen-bond acceptors (Lipinski definition) is 3. The summed E-state index contributed by atoms with van der Waals surface area (Å²) in [5.41, 5.74) is 6.70. The first-order valence-corrected chi connectivity index (χ1v) is 4.65. The quantitative estimate of drug-likeness (QED) is 0.741. The van der Waals surface area contributed by atoms with E-state index in [0.717, 1.165) is 16.7 Å². The van der Waals surface area contributed by atoms with Gasteiger partial charge in [-0.05, 0) is 18.2 Å². The molecule has 2 aromatic rings. The van der Waals surface area contributed by atoms with Crippen molar-refractivity contribution in [3.63, 3.8) is 0 Å². The fraction of sp³-hybridized carbons (Fsp3) is 0.182. The number of Topliss-reactive ketones (excluding diaryl/α,β-unsaturated/α-hetero) is 1. The van der Waals surface area contributed by atoms with Crippen molar-refractivity contribution in [2.45, 2.75) is 0 Å². The van der Waals surface area contributed by atoms with Gasteiger partial charge in [0.1, 0.15) is 5.75 Å². The molecule has 0 atom stereocenters. The molecular formula is C11H12N2O2. The summed E-state index contributed by atoms with van der Waals surface area (Å²) in [6, 6.07) is 7.38. The first kappa shape index (κ1) is 9.73. The van der Waals surface area contributed by atoms with Gasteiger partial charge in [-0.2, -0.15) is 0 Å². The van der Waals surface area contributed by atoms with Gasteiger partial charge in [0.25, 0.3) is 0 Å². The Hall–Kier alpha value is -1.81. The number of nitrogens with one attached hydrogen (secondary N) is 1. The number of hydrogen-bond donors (Lipinski definition) is 2. The van der Waals surface area contributed by atoms with E-state index in [2.05, 4.69) is 4.98 Å². The predicted octanol–water partition coefficient (Wildman–Crippen LogP) is 1.32. The van der Waals surface area contributed by atoms with E-state index in [9.17, 15) is 4.79 Å². The number of carbonyl (C=O) groups excluding carboxylic acids is 1. The molecule has 15 heavy (non-hydrogen) atoms. The Morgan fingerprint density at radius 1 is 1.53 bits per heavy atom. The Bertz CT molecular complexity index is 502. The number of benzene rings is 1. The van der Waals surface area contributed by atoms with Crippen molar-refractivity contribution in [1.82, 2.24) is 4.98 Å². The molecule has 0 radical (unpaired) electrons. The molecule has 0 aliphatic carbocycles. The Balaban J connectivity index is 2.60. The fourth-order valence-electron chi connectivity index (χ4n) is 1.57. The van der Waals surface area contributed by atoms with Crippen molar-refractivity contribution in [2.24, 2.45) is 5.73 Å². The molecule has 4 nitrogen and oxygen atoms in total. The normalized spacial score (nSPS) is 10.5. The smallest absolute Gasteiger partial charge is 0.192 e. The molecule has 1 heterocycles. The zero-order valence-corrected chi connectivity index (χ0v) is 8.41. The molecule has 0 saturated heterocycles. The molecule has 78 valence electrons.